The first kappa shape index (κ1) is 9.17. The van der Waals surface area contributed by atoms with Gasteiger partial charge in [-0.3, -0.25) is 0 Å². The predicted octanol–water partition coefficient (Wildman–Crippen LogP) is 1.60. The number of nitrogens with two attached hydrogens (primary N) is 1. The zero-order valence-corrected chi connectivity index (χ0v) is 9.15. The van der Waals surface area contributed by atoms with Crippen LogP contribution in [0.25, 0.3) is 0 Å². The van der Waals surface area contributed by atoms with Gasteiger partial charge in [-0.2, -0.15) is 0 Å². The van der Waals surface area contributed by atoms with Gasteiger partial charge in [0.25, 0.3) is 0 Å². The van der Waals surface area contributed by atoms with E-state index in [0.717, 1.165) is 23.9 Å². The van der Waals surface area contributed by atoms with E-state index >= 15 is 0 Å². The number of piperidine rings is 1. The van der Waals surface area contributed by atoms with Gasteiger partial charge in [0.2, 0.25) is 0 Å². The fourth-order valence-corrected chi connectivity index (χ4v) is 3.63. The molecule has 3 aliphatic rings. The SMILES string of the molecule is CN1C2CCC1CC(C(N)C1CC1)C2. The predicted molar refractivity (Wildman–Crippen MR) is 58.0 cm³/mol. The Morgan fingerprint density at radius 1 is 1.00 bits per heavy atom. The first-order valence-corrected chi connectivity index (χ1v) is 6.23. The van der Waals surface area contributed by atoms with E-state index in [0.29, 0.717) is 6.04 Å². The van der Waals surface area contributed by atoms with Crippen LogP contribution in [0.1, 0.15) is 38.5 Å². The molecular weight excluding hydrogens is 172 g/mol. The molecule has 3 rings (SSSR count). The van der Waals surface area contributed by atoms with Gasteiger partial charge in [-0.05, 0) is 57.4 Å². The third-order valence-electron chi connectivity index (χ3n) is 4.85. The lowest BCUT2D eigenvalue weighted by molar-refractivity contribution is 0.116. The van der Waals surface area contributed by atoms with E-state index in [4.69, 9.17) is 5.73 Å². The van der Waals surface area contributed by atoms with Crippen molar-refractivity contribution >= 4 is 0 Å². The quantitative estimate of drug-likeness (QED) is 0.723. The molecule has 0 spiro atoms. The molecule has 0 aromatic heterocycles. The molecule has 2 aliphatic heterocycles. The van der Waals surface area contributed by atoms with Crippen LogP contribution in [0.15, 0.2) is 0 Å². The van der Waals surface area contributed by atoms with E-state index in [-0.39, 0.29) is 0 Å². The lowest BCUT2D eigenvalue weighted by Gasteiger charge is -2.38. The smallest absolute Gasteiger partial charge is 0.00989 e. The molecule has 80 valence electrons. The second-order valence-electron chi connectivity index (χ2n) is 5.70. The lowest BCUT2D eigenvalue weighted by atomic mass is 9.83. The third-order valence-corrected chi connectivity index (χ3v) is 4.85. The second kappa shape index (κ2) is 3.21. The number of nitrogens with zero attached hydrogens (tertiary/aromatic N) is 1. The van der Waals surface area contributed by atoms with Crippen molar-refractivity contribution in [1.82, 2.24) is 4.90 Å². The van der Waals surface area contributed by atoms with Gasteiger partial charge < -0.3 is 10.6 Å². The standard InChI is InChI=1S/C12H22N2/c1-14-10-4-5-11(14)7-9(6-10)12(13)8-2-3-8/h8-12H,2-7,13H2,1H3. The Kier molecular flexibility index (Phi) is 2.10. The Hall–Kier alpha value is -0.0800. The summed E-state index contributed by atoms with van der Waals surface area (Å²) in [5.74, 6) is 1.74. The maximum Gasteiger partial charge on any atom is 0.00989 e. The zero-order valence-electron chi connectivity index (χ0n) is 9.15. The Bertz CT molecular complexity index is 210. The van der Waals surface area contributed by atoms with Gasteiger partial charge in [0.15, 0.2) is 0 Å². The molecule has 1 aliphatic carbocycles. The third kappa shape index (κ3) is 1.40. The monoisotopic (exact) mass is 194 g/mol. The summed E-state index contributed by atoms with van der Waals surface area (Å²) in [4.78, 5) is 2.61. The van der Waals surface area contributed by atoms with E-state index in [2.05, 4.69) is 11.9 Å². The first-order chi connectivity index (χ1) is 6.75. The maximum atomic E-state index is 6.33. The van der Waals surface area contributed by atoms with Gasteiger partial charge in [-0.25, -0.2) is 0 Å². The molecule has 2 nitrogen and oxygen atoms in total. The maximum absolute atomic E-state index is 6.33. The van der Waals surface area contributed by atoms with E-state index < -0.39 is 0 Å². The van der Waals surface area contributed by atoms with Gasteiger partial charge in [-0.15, -0.1) is 0 Å². The Balaban J connectivity index is 1.67. The molecule has 3 fully saturated rings. The molecule has 1 saturated carbocycles. The number of fused-ring (bicyclic) bond motifs is 2. The van der Waals surface area contributed by atoms with E-state index in [9.17, 15) is 0 Å². The highest BCUT2D eigenvalue weighted by atomic mass is 15.2. The molecule has 2 saturated heterocycles. The van der Waals surface area contributed by atoms with Crippen LogP contribution in [0.3, 0.4) is 0 Å². The normalized spacial score (nSPS) is 45.4. The Morgan fingerprint density at radius 2 is 1.57 bits per heavy atom. The van der Waals surface area contributed by atoms with Crippen LogP contribution >= 0.6 is 0 Å². The van der Waals surface area contributed by atoms with Gasteiger partial charge in [0.05, 0.1) is 0 Å². The van der Waals surface area contributed by atoms with Crippen LogP contribution in [0.2, 0.25) is 0 Å². The highest BCUT2D eigenvalue weighted by Crippen LogP contribution is 2.43. The fraction of sp³-hybridized carbons (Fsp3) is 1.00. The van der Waals surface area contributed by atoms with Crippen LogP contribution in [0, 0.1) is 11.8 Å². The number of rotatable bonds is 2. The van der Waals surface area contributed by atoms with E-state index in [1.165, 1.54) is 38.5 Å². The second-order valence-corrected chi connectivity index (χ2v) is 5.70. The molecule has 0 radical (unpaired) electrons. The summed E-state index contributed by atoms with van der Waals surface area (Å²) >= 11 is 0. The highest BCUT2D eigenvalue weighted by Gasteiger charge is 2.43. The summed E-state index contributed by atoms with van der Waals surface area (Å²) in [6, 6.07) is 2.26. The molecule has 2 bridgehead atoms. The minimum absolute atomic E-state index is 0.534. The zero-order chi connectivity index (χ0) is 9.71. The van der Waals surface area contributed by atoms with Gasteiger partial charge >= 0.3 is 0 Å². The minimum Gasteiger partial charge on any atom is -0.327 e. The fourth-order valence-electron chi connectivity index (χ4n) is 3.63. The molecule has 0 aromatic carbocycles. The summed E-state index contributed by atoms with van der Waals surface area (Å²) in [6.45, 7) is 0. The molecule has 2 N–H and O–H groups in total. The van der Waals surface area contributed by atoms with Crippen molar-refractivity contribution in [2.24, 2.45) is 17.6 Å². The van der Waals surface area contributed by atoms with Crippen LogP contribution in [-0.4, -0.2) is 30.1 Å². The molecular formula is C12H22N2. The highest BCUT2D eigenvalue weighted by molar-refractivity contribution is 4.99. The van der Waals surface area contributed by atoms with Crippen LogP contribution in [0.5, 0.6) is 0 Å². The van der Waals surface area contributed by atoms with Crippen molar-refractivity contribution in [2.75, 3.05) is 7.05 Å². The molecule has 3 atom stereocenters. The topological polar surface area (TPSA) is 29.3 Å². The summed E-state index contributed by atoms with van der Waals surface area (Å²) in [5, 5.41) is 0. The van der Waals surface area contributed by atoms with Crippen molar-refractivity contribution in [1.29, 1.82) is 0 Å². The van der Waals surface area contributed by atoms with Crippen molar-refractivity contribution in [3.63, 3.8) is 0 Å². The van der Waals surface area contributed by atoms with Gasteiger partial charge in [-0.1, -0.05) is 0 Å². The summed E-state index contributed by atoms with van der Waals surface area (Å²) in [5.41, 5.74) is 6.33. The Morgan fingerprint density at radius 3 is 2.07 bits per heavy atom. The van der Waals surface area contributed by atoms with E-state index in [1.807, 2.05) is 0 Å². The number of hydrogen-bond donors (Lipinski definition) is 1. The molecule has 14 heavy (non-hydrogen) atoms. The van der Waals surface area contributed by atoms with Gasteiger partial charge in [0.1, 0.15) is 0 Å². The molecule has 2 heteroatoms. The average Bonchev–Trinajstić information content (AvgIpc) is 3.00. The number of hydrogen-bond acceptors (Lipinski definition) is 2. The Labute approximate surface area is 86.8 Å². The van der Waals surface area contributed by atoms with Crippen molar-refractivity contribution < 1.29 is 0 Å². The van der Waals surface area contributed by atoms with Crippen LogP contribution in [0.4, 0.5) is 0 Å². The van der Waals surface area contributed by atoms with Crippen molar-refractivity contribution in [3.05, 3.63) is 0 Å². The average molecular weight is 194 g/mol. The summed E-state index contributed by atoms with van der Waals surface area (Å²) in [6.07, 6.45) is 8.42. The first-order valence-electron chi connectivity index (χ1n) is 6.23. The van der Waals surface area contributed by atoms with Crippen LogP contribution in [-0.2, 0) is 0 Å². The largest absolute Gasteiger partial charge is 0.327 e. The minimum atomic E-state index is 0.534. The van der Waals surface area contributed by atoms with Crippen LogP contribution < -0.4 is 5.73 Å². The molecule has 2 heterocycles. The molecule has 0 amide bonds. The van der Waals surface area contributed by atoms with Crippen molar-refractivity contribution in [3.8, 4) is 0 Å². The molecule has 0 aromatic rings. The summed E-state index contributed by atoms with van der Waals surface area (Å²) in [7, 11) is 2.31. The van der Waals surface area contributed by atoms with E-state index in [1.54, 1.807) is 0 Å². The molecule has 3 unspecified atom stereocenters. The lowest BCUT2D eigenvalue weighted by Crippen LogP contribution is -2.46. The van der Waals surface area contributed by atoms with Gasteiger partial charge in [0, 0.05) is 18.1 Å². The summed E-state index contributed by atoms with van der Waals surface area (Å²) < 4.78 is 0. The van der Waals surface area contributed by atoms with Crippen molar-refractivity contribution in [2.45, 2.75) is 56.7 Å².